The first kappa shape index (κ1) is 22.3. The first-order valence-corrected chi connectivity index (χ1v) is 11.7. The molecule has 0 bridgehead atoms. The van der Waals surface area contributed by atoms with Crippen LogP contribution in [-0.4, -0.2) is 63.1 Å². The van der Waals surface area contributed by atoms with E-state index >= 15 is 0 Å². The maximum absolute atomic E-state index is 12.4. The van der Waals surface area contributed by atoms with E-state index in [-0.39, 0.29) is 6.03 Å². The monoisotopic (exact) mass is 434 g/mol. The third kappa shape index (κ3) is 5.10. The molecule has 7 nitrogen and oxygen atoms in total. The number of piperazine rings is 1. The molecule has 2 amide bonds. The van der Waals surface area contributed by atoms with Gasteiger partial charge in [0.15, 0.2) is 5.65 Å². The normalized spacial score (nSPS) is 14.9. The summed E-state index contributed by atoms with van der Waals surface area (Å²) in [5.41, 5.74) is 4.19. The number of carbonyl (C=O) groups is 1. The molecule has 1 aromatic carbocycles. The molecule has 1 saturated heterocycles. The minimum absolute atomic E-state index is 0.0535. The highest BCUT2D eigenvalue weighted by Gasteiger charge is 2.23. The Balaban J connectivity index is 1.45. The summed E-state index contributed by atoms with van der Waals surface area (Å²) in [5.74, 6) is 1.58. The summed E-state index contributed by atoms with van der Waals surface area (Å²) in [4.78, 5) is 26.2. The van der Waals surface area contributed by atoms with Gasteiger partial charge in [0.05, 0.1) is 6.54 Å². The van der Waals surface area contributed by atoms with Gasteiger partial charge < -0.3 is 10.2 Å². The second-order valence-electron chi connectivity index (χ2n) is 8.91. The smallest absolute Gasteiger partial charge is 0.317 e. The third-order valence-electron chi connectivity index (χ3n) is 6.11. The zero-order valence-corrected chi connectivity index (χ0v) is 19.4. The molecule has 1 aliphatic heterocycles. The Morgan fingerprint density at radius 1 is 1.09 bits per heavy atom. The number of nitrogens with one attached hydrogen (secondary N) is 1. The fourth-order valence-corrected chi connectivity index (χ4v) is 4.11. The van der Waals surface area contributed by atoms with E-state index in [9.17, 15) is 4.79 Å². The fourth-order valence-electron chi connectivity index (χ4n) is 4.11. The van der Waals surface area contributed by atoms with Crippen molar-refractivity contribution in [2.45, 2.75) is 40.2 Å². The fraction of sp³-hybridized carbons (Fsp3) is 0.480. The Bertz CT molecular complexity index is 1030. The quantitative estimate of drug-likeness (QED) is 0.613. The minimum Gasteiger partial charge on any atom is -0.338 e. The van der Waals surface area contributed by atoms with Gasteiger partial charge in [0, 0.05) is 44.6 Å². The number of benzene rings is 1. The Kier molecular flexibility index (Phi) is 7.05. The second kappa shape index (κ2) is 10.1. The Morgan fingerprint density at radius 3 is 2.53 bits per heavy atom. The van der Waals surface area contributed by atoms with Crippen LogP contribution in [0.1, 0.15) is 38.6 Å². The molecule has 0 spiro atoms. The molecule has 1 fully saturated rings. The van der Waals surface area contributed by atoms with Crippen molar-refractivity contribution >= 4 is 17.2 Å². The van der Waals surface area contributed by atoms with E-state index < -0.39 is 0 Å². The molecule has 7 heteroatoms. The predicted molar refractivity (Wildman–Crippen MR) is 128 cm³/mol. The van der Waals surface area contributed by atoms with Gasteiger partial charge in [-0.05, 0) is 48.6 Å². The van der Waals surface area contributed by atoms with Gasteiger partial charge >= 0.3 is 6.03 Å². The Morgan fingerprint density at radius 2 is 1.84 bits per heavy atom. The van der Waals surface area contributed by atoms with Crippen LogP contribution in [0.3, 0.4) is 0 Å². The number of carbonyl (C=O) groups excluding carboxylic acids is 1. The standard InChI is InChI=1S/C25H34N6O/c1-4-20-7-9-21(10-8-20)31-23(28-22-6-5-12-26-24(22)31)18-29-14-16-30(17-15-29)25(32)27-13-11-19(2)3/h5-10,12,19H,4,11,13-18H2,1-3H3,(H,27,32). The van der Waals surface area contributed by atoms with Crippen LogP contribution in [0, 0.1) is 5.92 Å². The number of nitrogens with zero attached hydrogens (tertiary/aromatic N) is 5. The van der Waals surface area contributed by atoms with E-state index in [1.807, 2.05) is 23.2 Å². The lowest BCUT2D eigenvalue weighted by Crippen LogP contribution is -2.51. The molecule has 0 saturated carbocycles. The summed E-state index contributed by atoms with van der Waals surface area (Å²) >= 11 is 0. The van der Waals surface area contributed by atoms with Crippen molar-refractivity contribution in [3.8, 4) is 5.69 Å². The number of imidazole rings is 1. The molecular weight excluding hydrogens is 400 g/mol. The number of pyridine rings is 1. The third-order valence-corrected chi connectivity index (χ3v) is 6.11. The summed E-state index contributed by atoms with van der Waals surface area (Å²) in [6.07, 6.45) is 3.85. The van der Waals surface area contributed by atoms with Gasteiger partial charge in [-0.3, -0.25) is 9.47 Å². The van der Waals surface area contributed by atoms with E-state index in [0.717, 1.165) is 74.8 Å². The SMILES string of the molecule is CCc1ccc(-n2c(CN3CCN(C(=O)NCCC(C)C)CC3)nc3cccnc32)cc1. The number of urea groups is 1. The van der Waals surface area contributed by atoms with Gasteiger partial charge in [-0.1, -0.05) is 32.9 Å². The Labute approximate surface area is 190 Å². The van der Waals surface area contributed by atoms with Gasteiger partial charge in [0.25, 0.3) is 0 Å². The van der Waals surface area contributed by atoms with Gasteiger partial charge in [0.1, 0.15) is 11.3 Å². The summed E-state index contributed by atoms with van der Waals surface area (Å²) in [6.45, 7) is 11.1. The minimum atomic E-state index is 0.0535. The maximum atomic E-state index is 12.4. The highest BCUT2D eigenvalue weighted by atomic mass is 16.2. The van der Waals surface area contributed by atoms with E-state index in [1.165, 1.54) is 5.56 Å². The number of hydrogen-bond donors (Lipinski definition) is 1. The lowest BCUT2D eigenvalue weighted by Gasteiger charge is -2.34. The van der Waals surface area contributed by atoms with Crippen LogP contribution in [0.5, 0.6) is 0 Å². The van der Waals surface area contributed by atoms with Crippen molar-refractivity contribution in [2.75, 3.05) is 32.7 Å². The zero-order valence-electron chi connectivity index (χ0n) is 19.4. The van der Waals surface area contributed by atoms with Gasteiger partial charge in [-0.2, -0.15) is 0 Å². The van der Waals surface area contributed by atoms with Crippen molar-refractivity contribution in [1.82, 2.24) is 29.7 Å². The number of rotatable bonds is 7. The van der Waals surface area contributed by atoms with Gasteiger partial charge in [0.2, 0.25) is 0 Å². The second-order valence-corrected chi connectivity index (χ2v) is 8.91. The van der Waals surface area contributed by atoms with Crippen LogP contribution in [0.25, 0.3) is 16.9 Å². The zero-order chi connectivity index (χ0) is 22.5. The molecule has 32 heavy (non-hydrogen) atoms. The molecule has 0 unspecified atom stereocenters. The lowest BCUT2D eigenvalue weighted by atomic mass is 10.1. The molecule has 2 aromatic heterocycles. The number of hydrogen-bond acceptors (Lipinski definition) is 4. The first-order chi connectivity index (χ1) is 15.5. The highest BCUT2D eigenvalue weighted by Crippen LogP contribution is 2.22. The number of amides is 2. The number of fused-ring (bicyclic) bond motifs is 1. The van der Waals surface area contributed by atoms with Crippen LogP contribution >= 0.6 is 0 Å². The highest BCUT2D eigenvalue weighted by molar-refractivity contribution is 5.74. The van der Waals surface area contributed by atoms with Crippen LogP contribution < -0.4 is 5.32 Å². The Hall–Kier alpha value is -2.93. The van der Waals surface area contributed by atoms with Crippen molar-refractivity contribution < 1.29 is 4.79 Å². The number of aryl methyl sites for hydroxylation is 1. The number of aromatic nitrogens is 3. The van der Waals surface area contributed by atoms with E-state index in [4.69, 9.17) is 4.98 Å². The molecule has 1 N–H and O–H groups in total. The molecule has 3 aromatic rings. The maximum Gasteiger partial charge on any atom is 0.317 e. The summed E-state index contributed by atoms with van der Waals surface area (Å²) in [7, 11) is 0. The first-order valence-electron chi connectivity index (χ1n) is 11.7. The van der Waals surface area contributed by atoms with E-state index in [1.54, 1.807) is 0 Å². The van der Waals surface area contributed by atoms with Crippen molar-refractivity contribution in [3.63, 3.8) is 0 Å². The molecule has 4 rings (SSSR count). The van der Waals surface area contributed by atoms with Crippen LogP contribution in [-0.2, 0) is 13.0 Å². The average molecular weight is 435 g/mol. The van der Waals surface area contributed by atoms with Gasteiger partial charge in [-0.15, -0.1) is 0 Å². The summed E-state index contributed by atoms with van der Waals surface area (Å²) in [6, 6.07) is 12.6. The molecule has 0 radical (unpaired) electrons. The van der Waals surface area contributed by atoms with Gasteiger partial charge in [-0.25, -0.2) is 14.8 Å². The summed E-state index contributed by atoms with van der Waals surface area (Å²) in [5, 5.41) is 3.05. The lowest BCUT2D eigenvalue weighted by molar-refractivity contribution is 0.133. The van der Waals surface area contributed by atoms with Crippen molar-refractivity contribution in [3.05, 3.63) is 54.0 Å². The van der Waals surface area contributed by atoms with Crippen LogP contribution in [0.15, 0.2) is 42.6 Å². The van der Waals surface area contributed by atoms with Crippen molar-refractivity contribution in [1.29, 1.82) is 0 Å². The molecule has 3 heterocycles. The molecular formula is C25H34N6O. The van der Waals surface area contributed by atoms with Crippen LogP contribution in [0.2, 0.25) is 0 Å². The van der Waals surface area contributed by atoms with Crippen molar-refractivity contribution in [2.24, 2.45) is 5.92 Å². The molecule has 170 valence electrons. The van der Waals surface area contributed by atoms with E-state index in [2.05, 4.69) is 64.8 Å². The molecule has 0 atom stereocenters. The largest absolute Gasteiger partial charge is 0.338 e. The van der Waals surface area contributed by atoms with Crippen LogP contribution in [0.4, 0.5) is 4.79 Å². The average Bonchev–Trinajstić information content (AvgIpc) is 3.17. The topological polar surface area (TPSA) is 66.3 Å². The predicted octanol–water partition coefficient (Wildman–Crippen LogP) is 3.86. The summed E-state index contributed by atoms with van der Waals surface area (Å²) < 4.78 is 2.17. The molecule has 1 aliphatic rings. The van der Waals surface area contributed by atoms with E-state index in [0.29, 0.717) is 5.92 Å². The molecule has 0 aliphatic carbocycles.